The first kappa shape index (κ1) is 30.8. The lowest BCUT2D eigenvalue weighted by molar-refractivity contribution is -0.178. The van der Waals surface area contributed by atoms with Crippen molar-refractivity contribution >= 4 is 29.2 Å². The van der Waals surface area contributed by atoms with Crippen LogP contribution in [0.5, 0.6) is 0 Å². The number of alkyl halides is 6. The van der Waals surface area contributed by atoms with Crippen molar-refractivity contribution in [2.45, 2.75) is 70.6 Å². The summed E-state index contributed by atoms with van der Waals surface area (Å²) in [5, 5.41) is 2.55. The molecule has 0 saturated heterocycles. The van der Waals surface area contributed by atoms with Crippen LogP contribution in [0.25, 0.3) is 0 Å². The van der Waals surface area contributed by atoms with E-state index in [1.165, 1.54) is 12.1 Å². The van der Waals surface area contributed by atoms with E-state index < -0.39 is 41.9 Å². The van der Waals surface area contributed by atoms with Gasteiger partial charge in [-0.3, -0.25) is 9.59 Å². The zero-order valence-electron chi connectivity index (χ0n) is 21.5. The van der Waals surface area contributed by atoms with Gasteiger partial charge >= 0.3 is 18.3 Å². The lowest BCUT2D eigenvalue weighted by Gasteiger charge is -2.26. The van der Waals surface area contributed by atoms with Crippen molar-refractivity contribution in [1.29, 1.82) is 0 Å². The summed E-state index contributed by atoms with van der Waals surface area (Å²) in [6, 6.07) is 9.01. The summed E-state index contributed by atoms with van der Waals surface area (Å²) in [7, 11) is 0. The van der Waals surface area contributed by atoms with E-state index in [0.29, 0.717) is 31.4 Å². The molecule has 0 radical (unpaired) electrons. The standard InChI is InChI=1S/C28H30ClF6NO3/c1-3-4-13-39-25(38)26(11-12-26)15-19-7-10-21(29)22(14-19)36-24(37)23(17(2)28(33,34)35)20-8-5-18(6-9-20)16-27(30,31)32/h5-10,14,17,23H,3-4,11-13,15-16H2,1-2H3,(H,36,37). The topological polar surface area (TPSA) is 55.4 Å². The summed E-state index contributed by atoms with van der Waals surface area (Å²) in [6.45, 7) is 3.15. The Morgan fingerprint density at radius 3 is 2.18 bits per heavy atom. The molecule has 214 valence electrons. The number of benzene rings is 2. The first-order chi connectivity index (χ1) is 18.1. The number of hydrogen-bond acceptors (Lipinski definition) is 3. The Morgan fingerprint density at radius 1 is 1.03 bits per heavy atom. The van der Waals surface area contributed by atoms with Gasteiger partial charge < -0.3 is 10.1 Å². The monoisotopic (exact) mass is 577 g/mol. The molecule has 2 aromatic rings. The lowest BCUT2D eigenvalue weighted by atomic mass is 9.85. The number of carbonyl (C=O) groups excluding carboxylic acids is 2. The fraction of sp³-hybridized carbons (Fsp3) is 0.500. The van der Waals surface area contributed by atoms with Gasteiger partial charge in [0, 0.05) is 0 Å². The van der Waals surface area contributed by atoms with Gasteiger partial charge in [-0.2, -0.15) is 26.3 Å². The molecule has 11 heteroatoms. The number of esters is 1. The van der Waals surface area contributed by atoms with Crippen molar-refractivity contribution in [1.82, 2.24) is 0 Å². The molecule has 1 aliphatic rings. The van der Waals surface area contributed by atoms with E-state index in [1.54, 1.807) is 6.07 Å². The average molecular weight is 578 g/mol. The van der Waals surface area contributed by atoms with Crippen LogP contribution in [-0.2, 0) is 27.2 Å². The second-order valence-corrected chi connectivity index (χ2v) is 10.5. The van der Waals surface area contributed by atoms with Crippen LogP contribution in [0.3, 0.4) is 0 Å². The number of carbonyl (C=O) groups is 2. The first-order valence-electron chi connectivity index (χ1n) is 12.6. The highest BCUT2D eigenvalue weighted by atomic mass is 35.5. The molecule has 0 spiro atoms. The molecular weight excluding hydrogens is 548 g/mol. The summed E-state index contributed by atoms with van der Waals surface area (Å²) in [5.41, 5.74) is -0.168. The Kier molecular flexibility index (Phi) is 9.62. The Balaban J connectivity index is 1.82. The van der Waals surface area contributed by atoms with Crippen LogP contribution >= 0.6 is 11.6 Å². The Morgan fingerprint density at radius 2 is 1.64 bits per heavy atom. The molecule has 1 saturated carbocycles. The van der Waals surface area contributed by atoms with E-state index in [0.717, 1.165) is 44.0 Å². The minimum absolute atomic E-state index is 0.0717. The molecule has 1 aliphatic carbocycles. The molecule has 39 heavy (non-hydrogen) atoms. The van der Waals surface area contributed by atoms with Gasteiger partial charge in [-0.25, -0.2) is 0 Å². The van der Waals surface area contributed by atoms with Gasteiger partial charge in [-0.15, -0.1) is 0 Å². The number of rotatable bonds is 11. The molecule has 3 rings (SSSR count). The van der Waals surface area contributed by atoms with Crippen LogP contribution in [0.2, 0.25) is 5.02 Å². The maximum Gasteiger partial charge on any atom is 0.393 e. The number of amides is 1. The van der Waals surface area contributed by atoms with Crippen LogP contribution in [0.4, 0.5) is 32.0 Å². The number of anilines is 1. The zero-order chi connectivity index (χ0) is 29.0. The SMILES string of the molecule is CCCCOC(=O)C1(Cc2ccc(Cl)c(NC(=O)C(c3ccc(CC(F)(F)F)cc3)C(C)C(F)(F)F)c2)CC1. The molecule has 2 aromatic carbocycles. The van der Waals surface area contributed by atoms with Crippen molar-refractivity contribution in [2.75, 3.05) is 11.9 Å². The van der Waals surface area contributed by atoms with E-state index in [4.69, 9.17) is 16.3 Å². The van der Waals surface area contributed by atoms with E-state index in [-0.39, 0.29) is 27.8 Å². The average Bonchev–Trinajstić information content (AvgIpc) is 3.61. The number of nitrogens with one attached hydrogen (secondary N) is 1. The van der Waals surface area contributed by atoms with Gasteiger partial charge in [-0.1, -0.05) is 62.2 Å². The third-order valence-corrected chi connectivity index (χ3v) is 7.22. The Hall–Kier alpha value is -2.75. The van der Waals surface area contributed by atoms with Crippen LogP contribution in [0.1, 0.15) is 62.1 Å². The second kappa shape index (κ2) is 12.2. The molecule has 0 aliphatic heterocycles. The summed E-state index contributed by atoms with van der Waals surface area (Å²) in [6.07, 6.45) is -7.25. The van der Waals surface area contributed by atoms with Gasteiger partial charge in [-0.05, 0) is 54.5 Å². The molecule has 2 atom stereocenters. The number of unbranched alkanes of at least 4 members (excludes halogenated alkanes) is 1. The summed E-state index contributed by atoms with van der Waals surface area (Å²) >= 11 is 6.24. The normalized spacial score (nSPS) is 16.3. The maximum atomic E-state index is 13.7. The molecule has 1 N–H and O–H groups in total. The molecule has 0 bridgehead atoms. The molecule has 1 amide bonds. The molecule has 0 heterocycles. The summed E-state index contributed by atoms with van der Waals surface area (Å²) in [4.78, 5) is 25.8. The van der Waals surface area contributed by atoms with E-state index in [9.17, 15) is 35.9 Å². The largest absolute Gasteiger partial charge is 0.465 e. The van der Waals surface area contributed by atoms with Crippen LogP contribution in [0, 0.1) is 11.3 Å². The molecule has 4 nitrogen and oxygen atoms in total. The van der Waals surface area contributed by atoms with E-state index in [1.807, 2.05) is 6.92 Å². The predicted molar refractivity (Wildman–Crippen MR) is 135 cm³/mol. The molecular formula is C28H30ClF6NO3. The van der Waals surface area contributed by atoms with Gasteiger partial charge in [0.25, 0.3) is 0 Å². The van der Waals surface area contributed by atoms with Crippen molar-refractivity contribution in [3.8, 4) is 0 Å². The minimum atomic E-state index is -4.76. The van der Waals surface area contributed by atoms with Crippen molar-refractivity contribution < 1.29 is 40.7 Å². The highest BCUT2D eigenvalue weighted by Gasteiger charge is 2.51. The number of halogens is 7. The van der Waals surface area contributed by atoms with E-state index >= 15 is 0 Å². The predicted octanol–water partition coefficient (Wildman–Crippen LogP) is 8.03. The van der Waals surface area contributed by atoms with Gasteiger partial charge in [0.1, 0.15) is 0 Å². The van der Waals surface area contributed by atoms with Crippen LogP contribution in [-0.4, -0.2) is 30.8 Å². The quantitative estimate of drug-likeness (QED) is 0.167. The van der Waals surface area contributed by atoms with Crippen molar-refractivity contribution in [3.63, 3.8) is 0 Å². The van der Waals surface area contributed by atoms with Crippen LogP contribution in [0.15, 0.2) is 42.5 Å². The highest BCUT2D eigenvalue weighted by Crippen LogP contribution is 2.50. The molecule has 1 fully saturated rings. The number of ether oxygens (including phenoxy) is 1. The van der Waals surface area contributed by atoms with Gasteiger partial charge in [0.2, 0.25) is 5.91 Å². The third-order valence-electron chi connectivity index (χ3n) is 6.89. The van der Waals surface area contributed by atoms with Gasteiger partial charge in [0.05, 0.1) is 41.0 Å². The molecule has 0 aromatic heterocycles. The van der Waals surface area contributed by atoms with Crippen molar-refractivity contribution in [2.24, 2.45) is 11.3 Å². The molecule has 2 unspecified atom stereocenters. The summed E-state index contributed by atoms with van der Waals surface area (Å²) < 4.78 is 84.6. The Bertz CT molecular complexity index is 1160. The highest BCUT2D eigenvalue weighted by molar-refractivity contribution is 6.33. The number of hydrogen-bond donors (Lipinski definition) is 1. The Labute approximate surface area is 228 Å². The first-order valence-corrected chi connectivity index (χ1v) is 13.0. The maximum absolute atomic E-state index is 13.7. The smallest absolute Gasteiger partial charge is 0.393 e. The second-order valence-electron chi connectivity index (χ2n) is 10.1. The van der Waals surface area contributed by atoms with E-state index in [2.05, 4.69) is 5.32 Å². The third kappa shape index (κ3) is 8.37. The fourth-order valence-corrected chi connectivity index (χ4v) is 4.54. The summed E-state index contributed by atoms with van der Waals surface area (Å²) in [5.74, 6) is -5.19. The zero-order valence-corrected chi connectivity index (χ0v) is 22.3. The van der Waals surface area contributed by atoms with Gasteiger partial charge in [0.15, 0.2) is 0 Å². The minimum Gasteiger partial charge on any atom is -0.465 e. The fourth-order valence-electron chi connectivity index (χ4n) is 4.38. The van der Waals surface area contributed by atoms with Crippen LogP contribution < -0.4 is 5.32 Å². The lowest BCUT2D eigenvalue weighted by Crippen LogP contribution is -2.34. The van der Waals surface area contributed by atoms with Crippen molar-refractivity contribution in [3.05, 3.63) is 64.2 Å².